The lowest BCUT2D eigenvalue weighted by Crippen LogP contribution is -2.00. The van der Waals surface area contributed by atoms with Crippen LogP contribution in [-0.4, -0.2) is 22.4 Å². The van der Waals surface area contributed by atoms with Gasteiger partial charge in [0.25, 0.3) is 0 Å². The van der Waals surface area contributed by atoms with Crippen molar-refractivity contribution in [3.63, 3.8) is 0 Å². The summed E-state index contributed by atoms with van der Waals surface area (Å²) in [6, 6.07) is 17.0. The number of benzene rings is 3. The predicted octanol–water partition coefficient (Wildman–Crippen LogP) is 7.64. The lowest BCUT2D eigenvalue weighted by Gasteiger charge is -2.14. The number of aromatic nitrogens is 2. The van der Waals surface area contributed by atoms with Crippen LogP contribution in [0.5, 0.6) is 11.5 Å². The number of rotatable bonds is 8. The Kier molecular flexibility index (Phi) is 8.03. The molecule has 0 atom stereocenters. The van der Waals surface area contributed by atoms with Crippen LogP contribution in [0.3, 0.4) is 0 Å². The van der Waals surface area contributed by atoms with Crippen molar-refractivity contribution in [1.82, 2.24) is 9.55 Å². The van der Waals surface area contributed by atoms with Gasteiger partial charge in [0.05, 0.1) is 22.4 Å². The number of carbonyl (C=O) groups excluding carboxylic acids is 1. The maximum atomic E-state index is 12.7. The van der Waals surface area contributed by atoms with Crippen molar-refractivity contribution in [1.29, 1.82) is 0 Å². The Labute approximate surface area is 222 Å². The van der Waals surface area contributed by atoms with Gasteiger partial charge >= 0.3 is 0 Å². The smallest absolute Gasteiger partial charge is 0.185 e. The van der Waals surface area contributed by atoms with Crippen LogP contribution in [0, 0.1) is 0 Å². The average Bonchev–Trinajstić information content (AvgIpc) is 3.37. The average molecular weight is 647 g/mol. The molecule has 3 aromatic carbocycles. The number of halogens is 3. The molecule has 0 aliphatic rings. The minimum Gasteiger partial charge on any atom is -0.496 e. The van der Waals surface area contributed by atoms with E-state index >= 15 is 0 Å². The molecule has 0 N–H and O–H groups in total. The summed E-state index contributed by atoms with van der Waals surface area (Å²) < 4.78 is 16.0. The fourth-order valence-corrected chi connectivity index (χ4v) is 5.80. The maximum Gasteiger partial charge on any atom is 0.185 e. The summed E-state index contributed by atoms with van der Waals surface area (Å²) in [5.41, 5.74) is 3.30. The topological polar surface area (TPSA) is 53.4 Å². The first-order valence-electron chi connectivity index (χ1n) is 10.2. The summed E-state index contributed by atoms with van der Waals surface area (Å²) in [5.74, 6) is 1.33. The molecule has 0 fully saturated rings. The fraction of sp³-hybridized carbons (Fsp3) is 0.0769. The second-order valence-electron chi connectivity index (χ2n) is 7.27. The number of nitrogens with zero attached hydrogens (tertiary/aromatic N) is 2. The first-order chi connectivity index (χ1) is 16.4. The molecule has 34 heavy (non-hydrogen) atoms. The highest BCUT2D eigenvalue weighted by molar-refractivity contribution is 9.11. The molecular weight excluding hydrogens is 628 g/mol. The van der Waals surface area contributed by atoms with Crippen molar-refractivity contribution < 1.29 is 14.3 Å². The van der Waals surface area contributed by atoms with Gasteiger partial charge in [-0.25, -0.2) is 4.98 Å². The fourth-order valence-electron chi connectivity index (χ4n) is 3.31. The van der Waals surface area contributed by atoms with Crippen LogP contribution in [0.2, 0.25) is 0 Å². The zero-order chi connectivity index (χ0) is 24.1. The first kappa shape index (κ1) is 24.4. The molecule has 0 unspecified atom stereocenters. The van der Waals surface area contributed by atoms with E-state index in [1.165, 1.54) is 0 Å². The molecule has 1 heterocycles. The van der Waals surface area contributed by atoms with Crippen molar-refractivity contribution in [2.45, 2.75) is 6.61 Å². The molecule has 0 spiro atoms. The summed E-state index contributed by atoms with van der Waals surface area (Å²) in [5, 5.41) is 0. The van der Waals surface area contributed by atoms with Gasteiger partial charge < -0.3 is 14.0 Å². The molecule has 0 bridgehead atoms. The first-order valence-corrected chi connectivity index (χ1v) is 12.6. The third-order valence-corrected chi connectivity index (χ3v) is 6.66. The van der Waals surface area contributed by atoms with Gasteiger partial charge in [-0.3, -0.25) is 4.79 Å². The molecule has 172 valence electrons. The summed E-state index contributed by atoms with van der Waals surface area (Å²) in [4.78, 5) is 16.7. The van der Waals surface area contributed by atoms with E-state index in [4.69, 9.17) is 9.47 Å². The molecule has 0 aliphatic heterocycles. The molecule has 5 nitrogen and oxygen atoms in total. The van der Waals surface area contributed by atoms with Crippen molar-refractivity contribution in [3.05, 3.63) is 110 Å². The van der Waals surface area contributed by atoms with E-state index in [-0.39, 0.29) is 5.78 Å². The molecule has 8 heteroatoms. The van der Waals surface area contributed by atoms with Crippen LogP contribution < -0.4 is 9.47 Å². The van der Waals surface area contributed by atoms with E-state index in [2.05, 4.69) is 52.8 Å². The third kappa shape index (κ3) is 5.87. The number of ketones is 1. The van der Waals surface area contributed by atoms with E-state index in [1.54, 1.807) is 31.8 Å². The van der Waals surface area contributed by atoms with Gasteiger partial charge in [-0.1, -0.05) is 28.1 Å². The molecular formula is C26H19Br3N2O3. The van der Waals surface area contributed by atoms with E-state index in [1.807, 2.05) is 65.4 Å². The Bertz CT molecular complexity index is 1310. The van der Waals surface area contributed by atoms with Crippen LogP contribution in [0.25, 0.3) is 11.8 Å². The zero-order valence-electron chi connectivity index (χ0n) is 18.0. The molecule has 4 aromatic rings. The Hall–Kier alpha value is -2.68. The summed E-state index contributed by atoms with van der Waals surface area (Å²) in [6.45, 7) is 0.299. The number of imidazole rings is 1. The van der Waals surface area contributed by atoms with Crippen LogP contribution in [0.15, 0.2) is 92.8 Å². The molecule has 0 saturated heterocycles. The molecule has 0 amide bonds. The number of hydrogen-bond acceptors (Lipinski definition) is 4. The highest BCUT2D eigenvalue weighted by atomic mass is 79.9. The number of allylic oxidation sites excluding steroid dienone is 1. The molecule has 0 aliphatic carbocycles. The van der Waals surface area contributed by atoms with Crippen LogP contribution in [0.1, 0.15) is 21.5 Å². The molecule has 0 saturated carbocycles. The van der Waals surface area contributed by atoms with E-state index in [0.717, 1.165) is 30.2 Å². The van der Waals surface area contributed by atoms with Gasteiger partial charge in [-0.05, 0) is 92.0 Å². The lowest BCUT2D eigenvalue weighted by molar-refractivity contribution is 0.104. The standard InChI is InChI=1S/C26H19Br3N2O3/c1-33-25-9-3-17(12-19(25)15-34-26-22(28)13-20(27)14-23(26)29)2-8-24(32)18-4-6-21(7-5-18)31-11-10-30-16-31/h2-14,16H,15H2,1H3/b8-2+. The Balaban J connectivity index is 1.48. The molecule has 1 aromatic heterocycles. The van der Waals surface area contributed by atoms with Crippen LogP contribution in [0.4, 0.5) is 0 Å². The zero-order valence-corrected chi connectivity index (χ0v) is 22.8. The number of methoxy groups -OCH3 is 1. The lowest BCUT2D eigenvalue weighted by atomic mass is 10.1. The molecule has 4 rings (SSSR count). The van der Waals surface area contributed by atoms with Gasteiger partial charge in [0.2, 0.25) is 0 Å². The highest BCUT2D eigenvalue weighted by Gasteiger charge is 2.11. The normalized spacial score (nSPS) is 11.1. The summed E-state index contributed by atoms with van der Waals surface area (Å²) >= 11 is 10.5. The van der Waals surface area contributed by atoms with Gasteiger partial charge in [-0.2, -0.15) is 0 Å². The monoisotopic (exact) mass is 644 g/mol. The van der Waals surface area contributed by atoms with Gasteiger partial charge in [0.1, 0.15) is 18.1 Å². The van der Waals surface area contributed by atoms with Gasteiger partial charge in [0.15, 0.2) is 5.78 Å². The molecule has 0 radical (unpaired) electrons. The second-order valence-corrected chi connectivity index (χ2v) is 9.90. The van der Waals surface area contributed by atoms with Crippen molar-refractivity contribution in [2.24, 2.45) is 0 Å². The predicted molar refractivity (Wildman–Crippen MR) is 144 cm³/mol. The van der Waals surface area contributed by atoms with Gasteiger partial charge in [-0.15, -0.1) is 0 Å². The maximum absolute atomic E-state index is 12.7. The number of carbonyl (C=O) groups is 1. The summed E-state index contributed by atoms with van der Waals surface area (Å²) in [7, 11) is 1.62. The van der Waals surface area contributed by atoms with Crippen LogP contribution >= 0.6 is 47.8 Å². The van der Waals surface area contributed by atoms with E-state index in [9.17, 15) is 4.79 Å². The van der Waals surface area contributed by atoms with Crippen molar-refractivity contribution in [2.75, 3.05) is 7.11 Å². The number of hydrogen-bond donors (Lipinski definition) is 0. The van der Waals surface area contributed by atoms with Crippen molar-refractivity contribution >= 4 is 59.6 Å². The Morgan fingerprint density at radius 1 is 1.03 bits per heavy atom. The third-order valence-electron chi connectivity index (χ3n) is 5.02. The Morgan fingerprint density at radius 2 is 1.76 bits per heavy atom. The highest BCUT2D eigenvalue weighted by Crippen LogP contribution is 2.37. The summed E-state index contributed by atoms with van der Waals surface area (Å²) in [6.07, 6.45) is 8.65. The van der Waals surface area contributed by atoms with Crippen molar-refractivity contribution in [3.8, 4) is 17.2 Å². The SMILES string of the molecule is COc1ccc(/C=C/C(=O)c2ccc(-n3ccnc3)cc2)cc1COc1c(Br)cc(Br)cc1Br. The van der Waals surface area contributed by atoms with E-state index in [0.29, 0.717) is 23.7 Å². The second kappa shape index (κ2) is 11.2. The number of ether oxygens (including phenoxy) is 2. The minimum absolute atomic E-state index is 0.0754. The minimum atomic E-state index is -0.0754. The largest absolute Gasteiger partial charge is 0.496 e. The van der Waals surface area contributed by atoms with Gasteiger partial charge in [0, 0.05) is 33.7 Å². The van der Waals surface area contributed by atoms with Crippen LogP contribution in [-0.2, 0) is 6.61 Å². The quantitative estimate of drug-likeness (QED) is 0.146. The Morgan fingerprint density at radius 3 is 2.41 bits per heavy atom. The van der Waals surface area contributed by atoms with E-state index < -0.39 is 0 Å².